The van der Waals surface area contributed by atoms with Gasteiger partial charge in [0.25, 0.3) is 11.8 Å². The van der Waals surface area contributed by atoms with Gasteiger partial charge in [-0.25, -0.2) is 35.3 Å². The summed E-state index contributed by atoms with van der Waals surface area (Å²) in [6.07, 6.45) is 4.60. The lowest BCUT2D eigenvalue weighted by atomic mass is 9.95. The van der Waals surface area contributed by atoms with E-state index in [2.05, 4.69) is 27.4 Å². The second kappa shape index (κ2) is 18.9. The van der Waals surface area contributed by atoms with Gasteiger partial charge in [-0.3, -0.25) is 9.59 Å². The number of benzene rings is 2. The minimum absolute atomic E-state index is 0.0100. The number of fused-ring (bicyclic) bond motifs is 2. The number of hydrogen-bond donors (Lipinski definition) is 0. The fourth-order valence-corrected chi connectivity index (χ4v) is 13.2. The van der Waals surface area contributed by atoms with Crippen LogP contribution in [-0.4, -0.2) is 121 Å². The van der Waals surface area contributed by atoms with Gasteiger partial charge in [0.05, 0.1) is 67.0 Å². The Morgan fingerprint density at radius 2 is 1.20 bits per heavy atom. The fraction of sp³-hybridized carbons (Fsp3) is 0.450. The molecule has 0 aliphatic carbocycles. The van der Waals surface area contributed by atoms with Crippen molar-refractivity contribution < 1.29 is 44.5 Å². The quantitative estimate of drug-likeness (QED) is 0.201. The molecule has 2 aromatic carbocycles. The Balaban J connectivity index is 0.000000228. The van der Waals surface area contributed by atoms with E-state index in [1.54, 1.807) is 50.9 Å². The number of hydrazone groups is 2. The molecule has 0 unspecified atom stereocenters. The molecule has 324 valence electrons. The lowest BCUT2D eigenvalue weighted by molar-refractivity contribution is -0.126. The van der Waals surface area contributed by atoms with Crippen LogP contribution in [0, 0.1) is 13.8 Å². The lowest BCUT2D eigenvalue weighted by Gasteiger charge is -2.23. The molecule has 0 bridgehead atoms. The summed E-state index contributed by atoms with van der Waals surface area (Å²) in [6, 6.07) is 6.25. The highest BCUT2D eigenvalue weighted by Crippen LogP contribution is 2.40. The van der Waals surface area contributed by atoms with E-state index in [0.29, 0.717) is 59.6 Å². The van der Waals surface area contributed by atoms with Crippen molar-refractivity contribution in [2.24, 2.45) is 20.5 Å². The molecule has 2 amide bonds. The fourth-order valence-electron chi connectivity index (χ4n) is 7.30. The van der Waals surface area contributed by atoms with Gasteiger partial charge in [0.15, 0.2) is 29.5 Å². The number of amides is 2. The largest absolute Gasteiger partial charge is 0.399 e. The van der Waals surface area contributed by atoms with Gasteiger partial charge >= 0.3 is 0 Å². The molecule has 4 heterocycles. The first-order valence-electron chi connectivity index (χ1n) is 19.4. The van der Waals surface area contributed by atoms with Gasteiger partial charge in [-0.1, -0.05) is 36.3 Å². The van der Waals surface area contributed by atoms with E-state index in [0.717, 1.165) is 28.2 Å². The van der Waals surface area contributed by atoms with Gasteiger partial charge in [-0.05, 0) is 80.7 Å². The molecule has 6 rings (SSSR count). The smallest absolute Gasteiger partial charge is 0.276 e. The van der Waals surface area contributed by atoms with Crippen molar-refractivity contribution in [3.8, 4) is 0 Å². The van der Waals surface area contributed by atoms with E-state index in [4.69, 9.17) is 9.68 Å². The van der Waals surface area contributed by atoms with Gasteiger partial charge in [0, 0.05) is 42.0 Å². The molecule has 0 fully saturated rings. The average molecular weight is 903 g/mol. The SMILES string of the molecule is CCCS(=O)(=O)C(=C1C=NN(CC)C1=O)c1ccc2c(c1C)/C(=N/OC)CCS2(=O)=O.CCCSC(=C1C=NN(CC)C1=O)c1ccc2c(c1C)/C(=N/OC)CCS2(=O)=O. The molecular weight excluding hydrogens is 853 g/mol. The summed E-state index contributed by atoms with van der Waals surface area (Å²) < 4.78 is 77.0. The van der Waals surface area contributed by atoms with Crippen molar-refractivity contribution in [2.75, 3.05) is 50.3 Å². The van der Waals surface area contributed by atoms with E-state index >= 15 is 0 Å². The second-order valence-corrected chi connectivity index (χ2v) is 21.3. The zero-order valence-electron chi connectivity index (χ0n) is 34.9. The van der Waals surface area contributed by atoms with Crippen LogP contribution >= 0.6 is 11.8 Å². The van der Waals surface area contributed by atoms with Crippen LogP contribution in [0.4, 0.5) is 0 Å². The van der Waals surface area contributed by atoms with E-state index < -0.39 is 35.4 Å². The maximum Gasteiger partial charge on any atom is 0.276 e. The Bertz CT molecular complexity index is 2610. The molecule has 4 aliphatic rings. The minimum Gasteiger partial charge on any atom is -0.399 e. The summed E-state index contributed by atoms with van der Waals surface area (Å²) in [5.74, 6) is -0.0721. The average Bonchev–Trinajstić information content (AvgIpc) is 3.76. The van der Waals surface area contributed by atoms with Crippen molar-refractivity contribution in [3.63, 3.8) is 0 Å². The molecule has 2 aromatic rings. The van der Waals surface area contributed by atoms with Crippen LogP contribution in [0.25, 0.3) is 9.81 Å². The van der Waals surface area contributed by atoms with Gasteiger partial charge < -0.3 is 9.68 Å². The van der Waals surface area contributed by atoms with E-state index in [-0.39, 0.29) is 55.4 Å². The summed E-state index contributed by atoms with van der Waals surface area (Å²) in [5.41, 5.74) is 4.74. The summed E-state index contributed by atoms with van der Waals surface area (Å²) in [5, 5.41) is 18.9. The van der Waals surface area contributed by atoms with Crippen LogP contribution in [0.2, 0.25) is 0 Å². The van der Waals surface area contributed by atoms with Gasteiger partial charge in [-0.15, -0.1) is 11.8 Å². The minimum atomic E-state index is -3.86. The molecule has 0 saturated carbocycles. The monoisotopic (exact) mass is 902 g/mol. The summed E-state index contributed by atoms with van der Waals surface area (Å²) in [4.78, 5) is 36.5. The number of carbonyl (C=O) groups excluding carboxylic acids is 2. The summed E-state index contributed by atoms with van der Waals surface area (Å²) in [6.45, 7) is 11.7. The number of carbonyl (C=O) groups is 2. The molecule has 0 spiro atoms. The van der Waals surface area contributed by atoms with Crippen LogP contribution in [0.1, 0.15) is 86.8 Å². The summed E-state index contributed by atoms with van der Waals surface area (Å²) in [7, 11) is -7.98. The van der Waals surface area contributed by atoms with Crippen LogP contribution in [0.3, 0.4) is 0 Å². The number of thioether (sulfide) groups is 1. The van der Waals surface area contributed by atoms with Gasteiger partial charge in [0.1, 0.15) is 14.2 Å². The van der Waals surface area contributed by atoms with Crippen molar-refractivity contribution in [1.82, 2.24) is 10.0 Å². The molecule has 20 heteroatoms. The topological polar surface area (TPSA) is 211 Å². The Morgan fingerprint density at radius 1 is 0.733 bits per heavy atom. The predicted molar refractivity (Wildman–Crippen MR) is 235 cm³/mol. The van der Waals surface area contributed by atoms with Crippen molar-refractivity contribution >= 4 is 86.8 Å². The zero-order valence-corrected chi connectivity index (χ0v) is 38.2. The van der Waals surface area contributed by atoms with Crippen LogP contribution in [0.15, 0.2) is 65.7 Å². The molecule has 0 N–H and O–H groups in total. The lowest BCUT2D eigenvalue weighted by Crippen LogP contribution is -2.26. The van der Waals surface area contributed by atoms with Gasteiger partial charge in [0.2, 0.25) is 0 Å². The molecule has 16 nitrogen and oxygen atoms in total. The van der Waals surface area contributed by atoms with Gasteiger partial charge in [-0.2, -0.15) is 10.2 Å². The number of rotatable bonds is 12. The van der Waals surface area contributed by atoms with Crippen molar-refractivity contribution in [1.29, 1.82) is 0 Å². The molecule has 0 atom stereocenters. The molecule has 0 aromatic heterocycles. The van der Waals surface area contributed by atoms with E-state index in [9.17, 15) is 34.8 Å². The second-order valence-electron chi connectivity index (χ2n) is 14.0. The van der Waals surface area contributed by atoms with E-state index in [1.807, 2.05) is 13.8 Å². The highest BCUT2D eigenvalue weighted by molar-refractivity contribution is 8.08. The first-order chi connectivity index (χ1) is 28.4. The Morgan fingerprint density at radius 3 is 1.65 bits per heavy atom. The molecule has 0 saturated heterocycles. The van der Waals surface area contributed by atoms with Crippen LogP contribution < -0.4 is 0 Å². The maximum absolute atomic E-state index is 13.3. The number of sulfone groups is 3. The Kier molecular flexibility index (Phi) is 14.7. The molecule has 60 heavy (non-hydrogen) atoms. The molecular formula is C40H50N6O10S4. The predicted octanol–water partition coefficient (Wildman–Crippen LogP) is 5.13. The maximum atomic E-state index is 13.3. The third kappa shape index (κ3) is 9.01. The van der Waals surface area contributed by atoms with Crippen LogP contribution in [0.5, 0.6) is 0 Å². The Hall–Kier alpha value is -4.66. The number of likely N-dealkylation sites (N-methyl/N-ethyl adjacent to an activating group) is 2. The van der Waals surface area contributed by atoms with Crippen molar-refractivity contribution in [2.45, 2.75) is 77.0 Å². The standard InChI is InChI=1S/C20H25N3O6S2.C20H25N3O4S2/c1-5-10-31(27,28)19(15-12-21-23(6-2)20(15)24)14-7-8-17-18(13(14)3)16(22-29-4)9-11-30(17,25)26;1-5-10-28-19(15-12-21-23(6-2)20(15)24)14-7-8-17-18(13(14)3)16(22-27-4)9-11-29(17,25)26/h7-8,12H,5-6,9-11H2,1-4H3;7-8,12H,5-6,9-11H2,1-4H3/b2*19-15?,22-16+. The summed E-state index contributed by atoms with van der Waals surface area (Å²) >= 11 is 1.59. The highest BCUT2D eigenvalue weighted by atomic mass is 32.2. The normalized spacial score (nSPS) is 20.9. The number of nitrogens with zero attached hydrogens (tertiary/aromatic N) is 6. The van der Waals surface area contributed by atoms with E-state index in [1.165, 1.54) is 42.6 Å². The molecule has 0 radical (unpaired) electrons. The molecule has 4 aliphatic heterocycles. The Labute approximate surface area is 356 Å². The zero-order chi connectivity index (χ0) is 44.2. The third-order valence-corrected chi connectivity index (χ3v) is 17.0. The highest BCUT2D eigenvalue weighted by Gasteiger charge is 2.37. The number of hydrogen-bond acceptors (Lipinski definition) is 15. The number of oxime groups is 2. The first kappa shape index (κ1) is 46.4. The first-order valence-corrected chi connectivity index (χ1v) is 25.4. The third-order valence-electron chi connectivity index (χ3n) is 10.1. The van der Waals surface area contributed by atoms with Crippen molar-refractivity contribution in [3.05, 3.63) is 68.8 Å². The van der Waals surface area contributed by atoms with Crippen LogP contribution in [-0.2, 0) is 48.8 Å².